The zero-order valence-electron chi connectivity index (χ0n) is 12.3. The van der Waals surface area contributed by atoms with E-state index in [1.54, 1.807) is 4.90 Å². The smallest absolute Gasteiger partial charge is 0.325 e. The number of carbonyl (C=O) groups is 1. The molecule has 0 aliphatic carbocycles. The Hall–Kier alpha value is -0.980. The Morgan fingerprint density at radius 1 is 1.10 bits per heavy atom. The lowest BCUT2D eigenvalue weighted by Crippen LogP contribution is -2.54. The standard InChI is InChI=1S/C14H24F3N3O/c15-14(16,17)11-20(12-5-7-18-8-6-12)13(21)19-9-3-1-2-4-10-19/h12,18H,1-11H2. The average molecular weight is 307 g/mol. The van der Waals surface area contributed by atoms with E-state index >= 15 is 0 Å². The first-order valence-electron chi connectivity index (χ1n) is 7.80. The van der Waals surface area contributed by atoms with Gasteiger partial charge in [-0.25, -0.2) is 4.79 Å². The van der Waals surface area contributed by atoms with Crippen molar-refractivity contribution in [3.63, 3.8) is 0 Å². The number of piperidine rings is 1. The van der Waals surface area contributed by atoms with Gasteiger partial charge in [-0.15, -0.1) is 0 Å². The number of halogens is 3. The van der Waals surface area contributed by atoms with Crippen LogP contribution in [0, 0.1) is 0 Å². The Labute approximate surface area is 123 Å². The monoisotopic (exact) mass is 307 g/mol. The van der Waals surface area contributed by atoms with Crippen molar-refractivity contribution in [1.29, 1.82) is 0 Å². The number of alkyl halides is 3. The van der Waals surface area contributed by atoms with Crippen LogP contribution in [0.25, 0.3) is 0 Å². The van der Waals surface area contributed by atoms with E-state index in [-0.39, 0.29) is 6.04 Å². The van der Waals surface area contributed by atoms with Crippen LogP contribution in [0.4, 0.5) is 18.0 Å². The van der Waals surface area contributed by atoms with Crippen LogP contribution in [-0.2, 0) is 0 Å². The molecule has 2 saturated heterocycles. The third-order valence-electron chi connectivity index (χ3n) is 4.22. The Kier molecular flexibility index (Phi) is 5.72. The molecule has 0 atom stereocenters. The van der Waals surface area contributed by atoms with Crippen molar-refractivity contribution in [3.05, 3.63) is 0 Å². The third-order valence-corrected chi connectivity index (χ3v) is 4.22. The van der Waals surface area contributed by atoms with E-state index in [4.69, 9.17) is 0 Å². The molecule has 2 aliphatic heterocycles. The fraction of sp³-hybridized carbons (Fsp3) is 0.929. The lowest BCUT2D eigenvalue weighted by molar-refractivity contribution is -0.146. The molecule has 21 heavy (non-hydrogen) atoms. The number of carbonyl (C=O) groups excluding carboxylic acids is 1. The molecule has 0 aromatic rings. The van der Waals surface area contributed by atoms with Crippen LogP contribution in [0.15, 0.2) is 0 Å². The minimum Gasteiger partial charge on any atom is -0.325 e. The molecule has 2 aliphatic rings. The van der Waals surface area contributed by atoms with Gasteiger partial charge in [-0.3, -0.25) is 0 Å². The topological polar surface area (TPSA) is 35.6 Å². The van der Waals surface area contributed by atoms with Crippen LogP contribution in [0.3, 0.4) is 0 Å². The molecule has 2 rings (SSSR count). The predicted octanol–water partition coefficient (Wildman–Crippen LogP) is 2.60. The summed E-state index contributed by atoms with van der Waals surface area (Å²) in [5.41, 5.74) is 0. The van der Waals surface area contributed by atoms with Gasteiger partial charge in [0.1, 0.15) is 6.54 Å². The van der Waals surface area contributed by atoms with Gasteiger partial charge in [-0.2, -0.15) is 13.2 Å². The van der Waals surface area contributed by atoms with E-state index in [1.165, 1.54) is 0 Å². The number of urea groups is 1. The number of likely N-dealkylation sites (tertiary alicyclic amines) is 1. The second-order valence-corrected chi connectivity index (χ2v) is 5.91. The Bertz CT molecular complexity index is 335. The van der Waals surface area contributed by atoms with Crippen LogP contribution in [0.1, 0.15) is 38.5 Å². The summed E-state index contributed by atoms with van der Waals surface area (Å²) in [6.07, 6.45) is 0.722. The van der Waals surface area contributed by atoms with Crippen molar-refractivity contribution in [2.45, 2.75) is 50.7 Å². The van der Waals surface area contributed by atoms with Crippen LogP contribution in [-0.4, -0.2) is 60.8 Å². The van der Waals surface area contributed by atoms with Gasteiger partial charge in [0.15, 0.2) is 0 Å². The van der Waals surface area contributed by atoms with E-state index in [0.29, 0.717) is 39.0 Å². The van der Waals surface area contributed by atoms with Crippen molar-refractivity contribution in [1.82, 2.24) is 15.1 Å². The summed E-state index contributed by atoms with van der Waals surface area (Å²) in [6.45, 7) is 1.38. The number of rotatable bonds is 2. The van der Waals surface area contributed by atoms with E-state index < -0.39 is 18.8 Å². The highest BCUT2D eigenvalue weighted by Gasteiger charge is 2.38. The molecular weight excluding hydrogens is 283 g/mol. The van der Waals surface area contributed by atoms with E-state index in [1.807, 2.05) is 0 Å². The van der Waals surface area contributed by atoms with Gasteiger partial charge in [0.05, 0.1) is 0 Å². The first-order valence-corrected chi connectivity index (χ1v) is 7.80. The van der Waals surface area contributed by atoms with Crippen molar-refractivity contribution in [2.24, 2.45) is 0 Å². The molecule has 2 heterocycles. The molecule has 0 aromatic heterocycles. The number of nitrogens with one attached hydrogen (secondary N) is 1. The Morgan fingerprint density at radius 3 is 2.19 bits per heavy atom. The van der Waals surface area contributed by atoms with Crippen LogP contribution in [0.2, 0.25) is 0 Å². The molecule has 1 N–H and O–H groups in total. The highest BCUT2D eigenvalue weighted by Crippen LogP contribution is 2.23. The van der Waals surface area contributed by atoms with E-state index in [2.05, 4.69) is 5.32 Å². The predicted molar refractivity (Wildman–Crippen MR) is 74.1 cm³/mol. The van der Waals surface area contributed by atoms with Gasteiger partial charge in [-0.1, -0.05) is 12.8 Å². The highest BCUT2D eigenvalue weighted by molar-refractivity contribution is 5.75. The Morgan fingerprint density at radius 2 is 1.67 bits per heavy atom. The molecule has 2 fully saturated rings. The fourth-order valence-electron chi connectivity index (χ4n) is 3.11. The molecule has 2 amide bonds. The van der Waals surface area contributed by atoms with Gasteiger partial charge < -0.3 is 15.1 Å². The second-order valence-electron chi connectivity index (χ2n) is 5.91. The first-order chi connectivity index (χ1) is 9.97. The summed E-state index contributed by atoms with van der Waals surface area (Å²) in [5, 5.41) is 3.13. The third kappa shape index (κ3) is 5.05. The molecule has 0 radical (unpaired) electrons. The molecule has 0 aromatic carbocycles. The first kappa shape index (κ1) is 16.4. The Balaban J connectivity index is 2.06. The van der Waals surface area contributed by atoms with Crippen molar-refractivity contribution in [3.8, 4) is 0 Å². The van der Waals surface area contributed by atoms with Gasteiger partial charge in [-0.05, 0) is 38.8 Å². The summed E-state index contributed by atoms with van der Waals surface area (Å²) in [6, 6.07) is -0.732. The second kappa shape index (κ2) is 7.33. The van der Waals surface area contributed by atoms with Crippen molar-refractivity contribution < 1.29 is 18.0 Å². The maximum absolute atomic E-state index is 12.8. The summed E-state index contributed by atoms with van der Waals surface area (Å²) < 4.78 is 38.5. The van der Waals surface area contributed by atoms with Gasteiger partial charge in [0.25, 0.3) is 0 Å². The minimum absolute atomic E-state index is 0.302. The van der Waals surface area contributed by atoms with Gasteiger partial charge in [0.2, 0.25) is 0 Å². The van der Waals surface area contributed by atoms with E-state index in [9.17, 15) is 18.0 Å². The number of hydrogen-bond donors (Lipinski definition) is 1. The van der Waals surface area contributed by atoms with Gasteiger partial charge >= 0.3 is 12.2 Å². The zero-order valence-corrected chi connectivity index (χ0v) is 12.3. The molecular formula is C14H24F3N3O. The summed E-state index contributed by atoms with van der Waals surface area (Å²) >= 11 is 0. The van der Waals surface area contributed by atoms with Crippen LogP contribution >= 0.6 is 0 Å². The lowest BCUT2D eigenvalue weighted by Gasteiger charge is -2.38. The summed E-state index contributed by atoms with van der Waals surface area (Å²) in [4.78, 5) is 15.2. The average Bonchev–Trinajstić information content (AvgIpc) is 2.73. The quantitative estimate of drug-likeness (QED) is 0.851. The summed E-state index contributed by atoms with van der Waals surface area (Å²) in [7, 11) is 0. The molecule has 122 valence electrons. The fourth-order valence-corrected chi connectivity index (χ4v) is 3.11. The maximum Gasteiger partial charge on any atom is 0.406 e. The zero-order chi connectivity index (χ0) is 15.3. The molecule has 4 nitrogen and oxygen atoms in total. The number of amides is 2. The largest absolute Gasteiger partial charge is 0.406 e. The minimum atomic E-state index is -4.34. The maximum atomic E-state index is 12.8. The van der Waals surface area contributed by atoms with Crippen molar-refractivity contribution >= 4 is 6.03 Å². The number of nitrogens with zero attached hydrogens (tertiary/aromatic N) is 2. The SMILES string of the molecule is O=C(N1CCCCCC1)N(CC(F)(F)F)C1CCNCC1. The van der Waals surface area contributed by atoms with Crippen LogP contribution < -0.4 is 5.32 Å². The number of hydrogen-bond acceptors (Lipinski definition) is 2. The summed E-state index contributed by atoms with van der Waals surface area (Å²) in [5.74, 6) is 0. The lowest BCUT2D eigenvalue weighted by atomic mass is 10.1. The molecule has 7 heteroatoms. The van der Waals surface area contributed by atoms with E-state index in [0.717, 1.165) is 30.6 Å². The molecule has 0 saturated carbocycles. The molecule has 0 unspecified atom stereocenters. The molecule has 0 spiro atoms. The van der Waals surface area contributed by atoms with Crippen molar-refractivity contribution in [2.75, 3.05) is 32.7 Å². The normalized spacial score (nSPS) is 22.0. The highest BCUT2D eigenvalue weighted by atomic mass is 19.4. The van der Waals surface area contributed by atoms with Gasteiger partial charge in [0, 0.05) is 19.1 Å². The molecule has 0 bridgehead atoms. The van der Waals surface area contributed by atoms with Crippen LogP contribution in [0.5, 0.6) is 0 Å².